The van der Waals surface area contributed by atoms with Gasteiger partial charge in [-0.1, -0.05) is 0 Å². The lowest BCUT2D eigenvalue weighted by atomic mass is 10.3. The molecule has 0 amide bonds. The van der Waals surface area contributed by atoms with Crippen LogP contribution >= 0.6 is 11.8 Å². The quantitative estimate of drug-likeness (QED) is 0.609. The predicted molar refractivity (Wildman–Crippen MR) is 60.0 cm³/mol. The van der Waals surface area contributed by atoms with Gasteiger partial charge in [-0.25, -0.2) is 4.39 Å². The number of hydrogen-bond donors (Lipinski definition) is 2. The Bertz CT molecular complexity index is 386. The minimum Gasteiger partial charge on any atom is -0.480 e. The van der Waals surface area contributed by atoms with Gasteiger partial charge in [-0.2, -0.15) is 0 Å². The number of ether oxygens (including phenoxy) is 1. The molecule has 0 aliphatic heterocycles. The molecule has 0 bridgehead atoms. The summed E-state index contributed by atoms with van der Waals surface area (Å²) in [5.41, 5.74) is 5.97. The Morgan fingerprint density at radius 3 is 2.94 bits per heavy atom. The first-order valence-corrected chi connectivity index (χ1v) is 5.36. The highest BCUT2D eigenvalue weighted by atomic mass is 32.2. The number of nitrogens with two attached hydrogens (primary N) is 1. The SMILES string of the molecule is COCC(Sc1cc(F)ccc1N)C(=O)O. The number of nitrogen functional groups attached to an aromatic ring is 1. The molecule has 16 heavy (non-hydrogen) atoms. The molecule has 1 aromatic rings. The number of halogens is 1. The van der Waals surface area contributed by atoms with Crippen LogP contribution < -0.4 is 5.73 Å². The highest BCUT2D eigenvalue weighted by Crippen LogP contribution is 2.29. The summed E-state index contributed by atoms with van der Waals surface area (Å²) in [5, 5.41) is 8.09. The Kier molecular flexibility index (Phi) is 4.57. The number of benzene rings is 1. The van der Waals surface area contributed by atoms with Gasteiger partial charge in [-0.3, -0.25) is 4.79 Å². The van der Waals surface area contributed by atoms with E-state index in [2.05, 4.69) is 0 Å². The topological polar surface area (TPSA) is 72.5 Å². The van der Waals surface area contributed by atoms with E-state index in [0.717, 1.165) is 11.8 Å². The second kappa shape index (κ2) is 5.72. The zero-order valence-corrected chi connectivity index (χ0v) is 9.46. The molecule has 0 saturated carbocycles. The van der Waals surface area contributed by atoms with Crippen molar-refractivity contribution in [2.24, 2.45) is 0 Å². The van der Waals surface area contributed by atoms with E-state index in [9.17, 15) is 9.18 Å². The van der Waals surface area contributed by atoms with Crippen LogP contribution in [0.25, 0.3) is 0 Å². The lowest BCUT2D eigenvalue weighted by Gasteiger charge is -2.12. The average molecular weight is 245 g/mol. The highest BCUT2D eigenvalue weighted by molar-refractivity contribution is 8.00. The lowest BCUT2D eigenvalue weighted by molar-refractivity contribution is -0.137. The molecule has 4 nitrogen and oxygen atoms in total. The predicted octanol–water partition coefficient (Wildman–Crippen LogP) is 1.60. The molecule has 1 aromatic carbocycles. The van der Waals surface area contributed by atoms with Crippen LogP contribution in [0.1, 0.15) is 0 Å². The summed E-state index contributed by atoms with van der Waals surface area (Å²) in [5.74, 6) is -1.46. The van der Waals surface area contributed by atoms with Crippen molar-refractivity contribution in [2.45, 2.75) is 10.1 Å². The van der Waals surface area contributed by atoms with Crippen LogP contribution in [0.5, 0.6) is 0 Å². The Hall–Kier alpha value is -1.27. The maximum absolute atomic E-state index is 12.9. The third kappa shape index (κ3) is 3.39. The molecule has 1 atom stereocenters. The van der Waals surface area contributed by atoms with Gasteiger partial charge in [0.15, 0.2) is 0 Å². The van der Waals surface area contributed by atoms with Gasteiger partial charge < -0.3 is 15.6 Å². The molecule has 0 aliphatic carbocycles. The van der Waals surface area contributed by atoms with Gasteiger partial charge in [0.1, 0.15) is 11.1 Å². The summed E-state index contributed by atoms with van der Waals surface area (Å²) in [6.45, 7) is 0.0377. The maximum Gasteiger partial charge on any atom is 0.319 e. The molecule has 88 valence electrons. The van der Waals surface area contributed by atoms with Crippen molar-refractivity contribution < 1.29 is 19.0 Å². The van der Waals surface area contributed by atoms with Gasteiger partial charge in [0, 0.05) is 17.7 Å². The molecule has 0 aromatic heterocycles. The monoisotopic (exact) mass is 245 g/mol. The number of carboxylic acid groups (broad SMARTS) is 1. The summed E-state index contributed by atoms with van der Waals surface area (Å²) in [7, 11) is 1.41. The van der Waals surface area contributed by atoms with Crippen molar-refractivity contribution in [3.8, 4) is 0 Å². The fraction of sp³-hybridized carbons (Fsp3) is 0.300. The van der Waals surface area contributed by atoms with Gasteiger partial charge in [-0.15, -0.1) is 11.8 Å². The highest BCUT2D eigenvalue weighted by Gasteiger charge is 2.20. The Morgan fingerprint density at radius 1 is 1.69 bits per heavy atom. The van der Waals surface area contributed by atoms with Crippen LogP contribution in [0.4, 0.5) is 10.1 Å². The second-order valence-electron chi connectivity index (χ2n) is 3.08. The van der Waals surface area contributed by atoms with Crippen molar-refractivity contribution in [3.05, 3.63) is 24.0 Å². The van der Waals surface area contributed by atoms with Gasteiger partial charge in [0.2, 0.25) is 0 Å². The number of carboxylic acids is 1. The number of methoxy groups -OCH3 is 1. The normalized spacial score (nSPS) is 12.4. The maximum atomic E-state index is 12.9. The number of hydrogen-bond acceptors (Lipinski definition) is 4. The zero-order chi connectivity index (χ0) is 12.1. The van der Waals surface area contributed by atoms with Crippen molar-refractivity contribution in [1.29, 1.82) is 0 Å². The van der Waals surface area contributed by atoms with Crippen molar-refractivity contribution in [1.82, 2.24) is 0 Å². The van der Waals surface area contributed by atoms with Crippen molar-refractivity contribution in [2.75, 3.05) is 19.5 Å². The lowest BCUT2D eigenvalue weighted by Crippen LogP contribution is -2.21. The van der Waals surface area contributed by atoms with Gasteiger partial charge in [-0.05, 0) is 18.2 Å². The molecular formula is C10H12FNO3S. The first kappa shape index (κ1) is 12.8. The van der Waals surface area contributed by atoms with E-state index in [-0.39, 0.29) is 6.61 Å². The summed E-state index contributed by atoms with van der Waals surface area (Å²) in [4.78, 5) is 11.3. The summed E-state index contributed by atoms with van der Waals surface area (Å²) in [6.07, 6.45) is 0. The standard InChI is InChI=1S/C10H12FNO3S/c1-15-5-9(10(13)14)16-8-4-6(11)2-3-7(8)12/h2-4,9H,5,12H2,1H3,(H,13,14). The summed E-state index contributed by atoms with van der Waals surface area (Å²) < 4.78 is 17.7. The number of aliphatic carboxylic acids is 1. The molecule has 3 N–H and O–H groups in total. The van der Waals surface area contributed by atoms with Crippen molar-refractivity contribution >= 4 is 23.4 Å². The molecule has 6 heteroatoms. The largest absolute Gasteiger partial charge is 0.480 e. The van der Waals surface area contributed by atoms with E-state index in [1.165, 1.54) is 25.3 Å². The number of thioether (sulfide) groups is 1. The molecule has 0 spiro atoms. The second-order valence-corrected chi connectivity index (χ2v) is 4.33. The van der Waals surface area contributed by atoms with E-state index < -0.39 is 17.0 Å². The molecule has 1 rings (SSSR count). The molecule has 0 saturated heterocycles. The minimum absolute atomic E-state index is 0.0377. The molecular weight excluding hydrogens is 233 g/mol. The van der Waals surface area contributed by atoms with Crippen molar-refractivity contribution in [3.63, 3.8) is 0 Å². The van der Waals surface area contributed by atoms with Gasteiger partial charge in [0.25, 0.3) is 0 Å². The molecule has 1 unspecified atom stereocenters. The number of carbonyl (C=O) groups is 1. The third-order valence-electron chi connectivity index (χ3n) is 1.84. The van der Waals surface area contributed by atoms with Crippen LogP contribution in [0.15, 0.2) is 23.1 Å². The minimum atomic E-state index is -1.02. The first-order valence-electron chi connectivity index (χ1n) is 4.48. The van der Waals surface area contributed by atoms with E-state index >= 15 is 0 Å². The molecule has 0 heterocycles. The summed E-state index contributed by atoms with van der Waals surface area (Å²) >= 11 is 0.973. The number of rotatable bonds is 5. The van der Waals surface area contributed by atoms with Crippen LogP contribution in [0, 0.1) is 5.82 Å². The Morgan fingerprint density at radius 2 is 2.38 bits per heavy atom. The molecule has 0 aliphatic rings. The van der Waals surface area contributed by atoms with E-state index in [1.807, 2.05) is 0 Å². The first-order chi connectivity index (χ1) is 7.54. The fourth-order valence-corrected chi connectivity index (χ4v) is 2.07. The van der Waals surface area contributed by atoms with Crippen LogP contribution in [0.2, 0.25) is 0 Å². The molecule has 0 fully saturated rings. The van der Waals surface area contributed by atoms with Gasteiger partial charge in [0.05, 0.1) is 6.61 Å². The summed E-state index contributed by atoms with van der Waals surface area (Å²) in [6, 6.07) is 3.85. The average Bonchev–Trinajstić information content (AvgIpc) is 2.22. The Balaban J connectivity index is 2.84. The molecule has 0 radical (unpaired) electrons. The van der Waals surface area contributed by atoms with E-state index in [0.29, 0.717) is 10.6 Å². The van der Waals surface area contributed by atoms with Crippen LogP contribution in [-0.2, 0) is 9.53 Å². The smallest absolute Gasteiger partial charge is 0.319 e. The van der Waals surface area contributed by atoms with E-state index in [1.54, 1.807) is 0 Å². The van der Waals surface area contributed by atoms with Crippen LogP contribution in [0.3, 0.4) is 0 Å². The third-order valence-corrected chi connectivity index (χ3v) is 3.07. The van der Waals surface area contributed by atoms with Crippen LogP contribution in [-0.4, -0.2) is 30.0 Å². The Labute approximate surface area is 96.6 Å². The number of anilines is 1. The fourth-order valence-electron chi connectivity index (χ4n) is 1.07. The van der Waals surface area contributed by atoms with Gasteiger partial charge >= 0.3 is 5.97 Å². The van der Waals surface area contributed by atoms with E-state index in [4.69, 9.17) is 15.6 Å². The zero-order valence-electron chi connectivity index (χ0n) is 8.64.